The van der Waals surface area contributed by atoms with Crippen molar-refractivity contribution in [2.75, 3.05) is 18.1 Å². The molecule has 0 spiro atoms. The Bertz CT molecular complexity index is 372. The molecular formula is C11H16ClN3O. The van der Waals surface area contributed by atoms with Crippen LogP contribution in [0.25, 0.3) is 0 Å². The van der Waals surface area contributed by atoms with Crippen LogP contribution < -0.4 is 4.90 Å². The summed E-state index contributed by atoms with van der Waals surface area (Å²) >= 11 is 5.96. The molecule has 0 saturated carbocycles. The van der Waals surface area contributed by atoms with Crippen LogP contribution in [-0.2, 0) is 6.42 Å². The third-order valence-corrected chi connectivity index (χ3v) is 3.12. The van der Waals surface area contributed by atoms with E-state index in [1.165, 1.54) is 0 Å². The molecule has 1 saturated heterocycles. The predicted octanol–water partition coefficient (Wildman–Crippen LogP) is 1.65. The highest BCUT2D eigenvalue weighted by Crippen LogP contribution is 2.25. The van der Waals surface area contributed by atoms with Crippen LogP contribution in [-0.4, -0.2) is 34.3 Å². The second-order valence-electron chi connectivity index (χ2n) is 3.99. The average molecular weight is 242 g/mol. The van der Waals surface area contributed by atoms with Crippen molar-refractivity contribution in [3.05, 3.63) is 17.0 Å². The minimum Gasteiger partial charge on any atom is -0.394 e. The summed E-state index contributed by atoms with van der Waals surface area (Å²) in [6.07, 6.45) is 2.87. The van der Waals surface area contributed by atoms with Gasteiger partial charge in [0.05, 0.1) is 12.6 Å². The van der Waals surface area contributed by atoms with Gasteiger partial charge in [-0.3, -0.25) is 0 Å². The van der Waals surface area contributed by atoms with Crippen molar-refractivity contribution >= 4 is 17.4 Å². The Kier molecular flexibility index (Phi) is 3.61. The van der Waals surface area contributed by atoms with Gasteiger partial charge in [-0.15, -0.1) is 0 Å². The Labute approximate surface area is 100 Å². The maximum atomic E-state index is 9.28. The van der Waals surface area contributed by atoms with Gasteiger partial charge in [0.15, 0.2) is 0 Å². The second kappa shape index (κ2) is 4.97. The second-order valence-corrected chi connectivity index (χ2v) is 4.38. The van der Waals surface area contributed by atoms with E-state index in [2.05, 4.69) is 14.9 Å². The Balaban J connectivity index is 2.28. The van der Waals surface area contributed by atoms with Crippen molar-refractivity contribution in [1.82, 2.24) is 9.97 Å². The van der Waals surface area contributed by atoms with E-state index in [-0.39, 0.29) is 12.6 Å². The van der Waals surface area contributed by atoms with Gasteiger partial charge < -0.3 is 10.0 Å². The minimum absolute atomic E-state index is 0.170. The summed E-state index contributed by atoms with van der Waals surface area (Å²) in [5, 5.41) is 9.75. The number of aryl methyl sites for hydroxylation is 1. The monoisotopic (exact) mass is 241 g/mol. The van der Waals surface area contributed by atoms with Gasteiger partial charge in [-0.05, 0) is 12.8 Å². The van der Waals surface area contributed by atoms with E-state index in [4.69, 9.17) is 11.6 Å². The average Bonchev–Trinajstić information content (AvgIpc) is 2.76. The van der Waals surface area contributed by atoms with Crippen LogP contribution in [0.2, 0.25) is 5.15 Å². The first kappa shape index (κ1) is 11.6. The maximum absolute atomic E-state index is 9.28. The number of hydrogen-bond acceptors (Lipinski definition) is 4. The number of aliphatic hydroxyl groups is 1. The highest BCUT2D eigenvalue weighted by Gasteiger charge is 2.25. The van der Waals surface area contributed by atoms with Crippen LogP contribution in [0.3, 0.4) is 0 Å². The molecule has 1 atom stereocenters. The zero-order chi connectivity index (χ0) is 11.5. The molecule has 4 nitrogen and oxygen atoms in total. The first-order valence-electron chi connectivity index (χ1n) is 5.65. The van der Waals surface area contributed by atoms with Crippen molar-refractivity contribution < 1.29 is 5.11 Å². The van der Waals surface area contributed by atoms with Crippen LogP contribution in [0.1, 0.15) is 25.6 Å². The first-order chi connectivity index (χ1) is 7.74. The number of nitrogens with zero attached hydrogens (tertiary/aromatic N) is 3. The van der Waals surface area contributed by atoms with Gasteiger partial charge in [0.2, 0.25) is 0 Å². The summed E-state index contributed by atoms with van der Waals surface area (Å²) in [5.41, 5.74) is 0. The zero-order valence-corrected chi connectivity index (χ0v) is 10.1. The molecule has 0 aromatic carbocycles. The summed E-state index contributed by atoms with van der Waals surface area (Å²) in [4.78, 5) is 10.7. The molecule has 88 valence electrons. The zero-order valence-electron chi connectivity index (χ0n) is 9.36. The molecule has 1 aliphatic rings. The molecule has 0 bridgehead atoms. The summed E-state index contributed by atoms with van der Waals surface area (Å²) in [6, 6.07) is 1.95. The van der Waals surface area contributed by atoms with Crippen LogP contribution in [0, 0.1) is 0 Å². The fourth-order valence-corrected chi connectivity index (χ4v) is 2.28. The summed E-state index contributed by atoms with van der Waals surface area (Å²) in [7, 11) is 0. The number of aromatic nitrogens is 2. The SMILES string of the molecule is CCc1nc(Cl)cc(N2CCCC2CO)n1. The lowest BCUT2D eigenvalue weighted by Crippen LogP contribution is -2.33. The molecule has 0 radical (unpaired) electrons. The van der Waals surface area contributed by atoms with Crippen LogP contribution in [0.15, 0.2) is 6.07 Å². The van der Waals surface area contributed by atoms with E-state index in [9.17, 15) is 5.11 Å². The Morgan fingerprint density at radius 3 is 3.06 bits per heavy atom. The van der Waals surface area contributed by atoms with Crippen LogP contribution >= 0.6 is 11.6 Å². The largest absolute Gasteiger partial charge is 0.394 e. The quantitative estimate of drug-likeness (QED) is 0.818. The summed E-state index contributed by atoms with van der Waals surface area (Å²) in [6.45, 7) is 3.10. The number of aliphatic hydroxyl groups excluding tert-OH is 1. The number of rotatable bonds is 3. The van der Waals surface area contributed by atoms with Crippen molar-refractivity contribution in [2.45, 2.75) is 32.2 Å². The van der Waals surface area contributed by atoms with Gasteiger partial charge in [0.1, 0.15) is 16.8 Å². The maximum Gasteiger partial charge on any atom is 0.134 e. The van der Waals surface area contributed by atoms with Crippen molar-refractivity contribution in [2.24, 2.45) is 0 Å². The van der Waals surface area contributed by atoms with E-state index in [0.717, 1.165) is 37.4 Å². The molecule has 1 unspecified atom stereocenters. The molecular weight excluding hydrogens is 226 g/mol. The lowest BCUT2D eigenvalue weighted by atomic mass is 10.2. The molecule has 1 aliphatic heterocycles. The summed E-state index contributed by atoms with van der Waals surface area (Å²) < 4.78 is 0. The van der Waals surface area contributed by atoms with Gasteiger partial charge in [0.25, 0.3) is 0 Å². The fourth-order valence-electron chi connectivity index (χ4n) is 2.08. The standard InChI is InChI=1S/C11H16ClN3O/c1-2-10-13-9(12)6-11(14-10)15-5-3-4-8(15)7-16/h6,8,16H,2-5,7H2,1H3. The van der Waals surface area contributed by atoms with E-state index >= 15 is 0 Å². The Morgan fingerprint density at radius 1 is 1.56 bits per heavy atom. The highest BCUT2D eigenvalue weighted by molar-refractivity contribution is 6.29. The Hall–Kier alpha value is -0.870. The van der Waals surface area contributed by atoms with Crippen LogP contribution in [0.5, 0.6) is 0 Å². The fraction of sp³-hybridized carbons (Fsp3) is 0.636. The molecule has 5 heteroatoms. The van der Waals surface area contributed by atoms with Crippen molar-refractivity contribution in [1.29, 1.82) is 0 Å². The van der Waals surface area contributed by atoms with Gasteiger partial charge in [0, 0.05) is 19.0 Å². The molecule has 2 heterocycles. The van der Waals surface area contributed by atoms with E-state index < -0.39 is 0 Å². The lowest BCUT2D eigenvalue weighted by molar-refractivity contribution is 0.266. The highest BCUT2D eigenvalue weighted by atomic mass is 35.5. The predicted molar refractivity (Wildman–Crippen MR) is 63.9 cm³/mol. The molecule has 1 N–H and O–H groups in total. The third-order valence-electron chi connectivity index (χ3n) is 2.93. The molecule has 2 rings (SSSR count). The number of halogens is 1. The van der Waals surface area contributed by atoms with Gasteiger partial charge in [-0.2, -0.15) is 0 Å². The van der Waals surface area contributed by atoms with E-state index in [1.54, 1.807) is 6.07 Å². The lowest BCUT2D eigenvalue weighted by Gasteiger charge is -2.24. The Morgan fingerprint density at radius 2 is 2.38 bits per heavy atom. The molecule has 16 heavy (non-hydrogen) atoms. The molecule has 1 fully saturated rings. The first-order valence-corrected chi connectivity index (χ1v) is 6.03. The van der Waals surface area contributed by atoms with Crippen molar-refractivity contribution in [3.63, 3.8) is 0 Å². The molecule has 1 aromatic rings. The van der Waals surface area contributed by atoms with E-state index in [0.29, 0.717) is 5.15 Å². The van der Waals surface area contributed by atoms with Gasteiger partial charge >= 0.3 is 0 Å². The smallest absolute Gasteiger partial charge is 0.134 e. The summed E-state index contributed by atoms with van der Waals surface area (Å²) in [5.74, 6) is 1.60. The third kappa shape index (κ3) is 2.28. The van der Waals surface area contributed by atoms with Crippen molar-refractivity contribution in [3.8, 4) is 0 Å². The minimum atomic E-state index is 0.170. The van der Waals surface area contributed by atoms with Crippen LogP contribution in [0.4, 0.5) is 5.82 Å². The number of hydrogen-bond donors (Lipinski definition) is 1. The number of anilines is 1. The van der Waals surface area contributed by atoms with Gasteiger partial charge in [-0.1, -0.05) is 18.5 Å². The normalized spacial score (nSPS) is 20.4. The topological polar surface area (TPSA) is 49.2 Å². The van der Waals surface area contributed by atoms with E-state index in [1.807, 2.05) is 6.92 Å². The molecule has 0 amide bonds. The molecule has 1 aromatic heterocycles. The molecule has 0 aliphatic carbocycles. The van der Waals surface area contributed by atoms with Gasteiger partial charge in [-0.25, -0.2) is 9.97 Å².